The lowest BCUT2D eigenvalue weighted by Gasteiger charge is -2.38. The Balaban J connectivity index is 1.46. The van der Waals surface area contributed by atoms with Gasteiger partial charge in [-0.25, -0.2) is 9.37 Å². The zero-order valence-electron chi connectivity index (χ0n) is 13.9. The van der Waals surface area contributed by atoms with Crippen LogP contribution in [0.4, 0.5) is 15.9 Å². The van der Waals surface area contributed by atoms with E-state index in [2.05, 4.69) is 24.9 Å². The van der Waals surface area contributed by atoms with Gasteiger partial charge >= 0.3 is 0 Å². The molecule has 0 N–H and O–H groups in total. The van der Waals surface area contributed by atoms with E-state index in [4.69, 9.17) is 0 Å². The average molecular weight is 338 g/mol. The molecule has 1 aliphatic carbocycles. The van der Waals surface area contributed by atoms with Crippen LogP contribution < -0.4 is 9.80 Å². The molecule has 25 heavy (non-hydrogen) atoms. The monoisotopic (exact) mass is 338 g/mol. The molecule has 0 saturated carbocycles. The van der Waals surface area contributed by atoms with Crippen LogP contribution in [0.2, 0.25) is 0 Å². The van der Waals surface area contributed by atoms with Crippen LogP contribution in [-0.2, 0) is 12.8 Å². The highest BCUT2D eigenvalue weighted by Gasteiger charge is 2.27. The highest BCUT2D eigenvalue weighted by molar-refractivity contribution is 5.58. The number of anilines is 2. The lowest BCUT2D eigenvalue weighted by molar-refractivity contribution is 0.593. The van der Waals surface area contributed by atoms with E-state index in [1.54, 1.807) is 12.4 Å². The van der Waals surface area contributed by atoms with E-state index in [0.29, 0.717) is 11.5 Å². The Morgan fingerprint density at radius 3 is 2.60 bits per heavy atom. The van der Waals surface area contributed by atoms with Crippen LogP contribution in [0.1, 0.15) is 17.7 Å². The maximum atomic E-state index is 14.1. The van der Waals surface area contributed by atoms with E-state index >= 15 is 0 Å². The molecule has 2 aromatic heterocycles. The highest BCUT2D eigenvalue weighted by Crippen LogP contribution is 2.31. The second-order valence-corrected chi connectivity index (χ2v) is 6.61. The summed E-state index contributed by atoms with van der Waals surface area (Å²) in [7, 11) is 0. The number of benzene rings is 1. The van der Waals surface area contributed by atoms with Crippen LogP contribution in [0.15, 0.2) is 30.6 Å². The average Bonchev–Trinajstić information content (AvgIpc) is 3.29. The molecule has 0 bridgehead atoms. The molecule has 5 rings (SSSR count). The Kier molecular flexibility index (Phi) is 3.33. The number of aryl methyl sites for hydroxylation is 1. The van der Waals surface area contributed by atoms with Crippen molar-refractivity contribution in [2.75, 3.05) is 36.0 Å². The Hall–Kier alpha value is -2.70. The molecule has 128 valence electrons. The van der Waals surface area contributed by atoms with Crippen molar-refractivity contribution in [1.82, 2.24) is 19.6 Å². The van der Waals surface area contributed by atoms with Gasteiger partial charge in [0, 0.05) is 31.7 Å². The molecule has 6 nitrogen and oxygen atoms in total. The van der Waals surface area contributed by atoms with Crippen molar-refractivity contribution >= 4 is 17.3 Å². The fourth-order valence-corrected chi connectivity index (χ4v) is 3.99. The van der Waals surface area contributed by atoms with Crippen LogP contribution in [0.25, 0.3) is 5.78 Å². The molecule has 0 atom stereocenters. The van der Waals surface area contributed by atoms with Gasteiger partial charge in [-0.15, -0.1) is 0 Å². The molecule has 1 fully saturated rings. The van der Waals surface area contributed by atoms with Crippen LogP contribution in [0, 0.1) is 5.82 Å². The molecule has 0 unspecified atom stereocenters. The number of rotatable bonds is 2. The zero-order chi connectivity index (χ0) is 16.8. The topological polar surface area (TPSA) is 49.6 Å². The largest absolute Gasteiger partial charge is 0.366 e. The Labute approximate surface area is 144 Å². The first-order valence-electron chi connectivity index (χ1n) is 8.77. The lowest BCUT2D eigenvalue weighted by atomic mass is 10.2. The fraction of sp³-hybridized carbons (Fsp3) is 0.389. The predicted octanol–water partition coefficient (Wildman–Crippen LogP) is 2.08. The van der Waals surface area contributed by atoms with Crippen LogP contribution >= 0.6 is 0 Å². The highest BCUT2D eigenvalue weighted by atomic mass is 19.1. The molecular weight excluding hydrogens is 319 g/mol. The second-order valence-electron chi connectivity index (χ2n) is 6.61. The van der Waals surface area contributed by atoms with Crippen molar-refractivity contribution < 1.29 is 4.39 Å². The molecule has 0 spiro atoms. The van der Waals surface area contributed by atoms with Gasteiger partial charge < -0.3 is 9.80 Å². The molecule has 1 aliphatic heterocycles. The summed E-state index contributed by atoms with van der Waals surface area (Å²) < 4.78 is 15.9. The van der Waals surface area contributed by atoms with Crippen molar-refractivity contribution in [2.45, 2.75) is 19.3 Å². The lowest BCUT2D eigenvalue weighted by Crippen LogP contribution is -2.47. The van der Waals surface area contributed by atoms with Gasteiger partial charge in [-0.1, -0.05) is 12.1 Å². The van der Waals surface area contributed by atoms with Gasteiger partial charge in [0.2, 0.25) is 0 Å². The van der Waals surface area contributed by atoms with Crippen LogP contribution in [0.5, 0.6) is 0 Å². The predicted molar refractivity (Wildman–Crippen MR) is 93.6 cm³/mol. The number of hydrogen-bond donors (Lipinski definition) is 0. The molecule has 1 saturated heterocycles. The van der Waals surface area contributed by atoms with Gasteiger partial charge in [0.25, 0.3) is 5.78 Å². The zero-order valence-corrected chi connectivity index (χ0v) is 13.9. The van der Waals surface area contributed by atoms with Gasteiger partial charge in [0.05, 0.1) is 11.4 Å². The van der Waals surface area contributed by atoms with E-state index in [1.165, 1.54) is 11.6 Å². The van der Waals surface area contributed by atoms with Gasteiger partial charge in [0.15, 0.2) is 0 Å². The van der Waals surface area contributed by atoms with Gasteiger partial charge in [-0.3, -0.25) is 0 Å². The molecule has 3 aromatic rings. The number of nitrogens with zero attached hydrogens (tertiary/aromatic N) is 6. The SMILES string of the molecule is Fc1ccccc1N1CCN(c2c3c(nc4ncnn24)CCC3)CC1. The van der Waals surface area contributed by atoms with E-state index in [1.807, 2.05) is 16.6 Å². The van der Waals surface area contributed by atoms with E-state index in [-0.39, 0.29) is 5.82 Å². The molecule has 1 aromatic carbocycles. The van der Waals surface area contributed by atoms with E-state index < -0.39 is 0 Å². The number of para-hydroxylation sites is 1. The molecule has 0 amide bonds. The first kappa shape index (κ1) is 14.6. The van der Waals surface area contributed by atoms with E-state index in [9.17, 15) is 4.39 Å². The number of fused-ring (bicyclic) bond motifs is 2. The number of piperazine rings is 1. The summed E-state index contributed by atoms with van der Waals surface area (Å²) in [6.07, 6.45) is 4.76. The summed E-state index contributed by atoms with van der Waals surface area (Å²) in [5.41, 5.74) is 3.15. The minimum Gasteiger partial charge on any atom is -0.366 e. The van der Waals surface area contributed by atoms with Crippen LogP contribution in [-0.4, -0.2) is 45.8 Å². The summed E-state index contributed by atoms with van der Waals surface area (Å²) in [6, 6.07) is 7.00. The standard InChI is InChI=1S/C18H19FN6/c19-14-5-1-2-7-16(14)23-8-10-24(11-9-23)17-13-4-3-6-15(13)22-18-20-12-21-25(17)18/h1-2,5,7,12H,3-4,6,8-11H2. The maximum Gasteiger partial charge on any atom is 0.254 e. The smallest absolute Gasteiger partial charge is 0.254 e. The number of aromatic nitrogens is 4. The van der Waals surface area contributed by atoms with Crippen LogP contribution in [0.3, 0.4) is 0 Å². The Bertz CT molecular complexity index is 928. The fourth-order valence-electron chi connectivity index (χ4n) is 3.99. The quantitative estimate of drug-likeness (QED) is 0.716. The molecule has 2 aliphatic rings. The van der Waals surface area contributed by atoms with Crippen molar-refractivity contribution in [2.24, 2.45) is 0 Å². The van der Waals surface area contributed by atoms with Crippen molar-refractivity contribution in [3.05, 3.63) is 47.7 Å². The molecular formula is C18H19FN6. The summed E-state index contributed by atoms with van der Waals surface area (Å²) in [6.45, 7) is 3.24. The third kappa shape index (κ3) is 2.33. The number of halogens is 1. The molecule has 0 radical (unpaired) electrons. The summed E-state index contributed by atoms with van der Waals surface area (Å²) in [4.78, 5) is 13.4. The third-order valence-corrected chi connectivity index (χ3v) is 5.20. The Morgan fingerprint density at radius 2 is 1.76 bits per heavy atom. The third-order valence-electron chi connectivity index (χ3n) is 5.20. The summed E-state index contributed by atoms with van der Waals surface area (Å²) >= 11 is 0. The van der Waals surface area contributed by atoms with E-state index in [0.717, 1.165) is 57.0 Å². The van der Waals surface area contributed by atoms with Gasteiger partial charge in [-0.2, -0.15) is 14.6 Å². The summed E-state index contributed by atoms with van der Waals surface area (Å²) in [5.74, 6) is 1.65. The van der Waals surface area contributed by atoms with Gasteiger partial charge in [0.1, 0.15) is 18.0 Å². The minimum absolute atomic E-state index is 0.153. The van der Waals surface area contributed by atoms with Gasteiger partial charge in [-0.05, 0) is 31.4 Å². The van der Waals surface area contributed by atoms with Crippen molar-refractivity contribution in [1.29, 1.82) is 0 Å². The Morgan fingerprint density at radius 1 is 0.960 bits per heavy atom. The molecule has 7 heteroatoms. The molecule has 3 heterocycles. The van der Waals surface area contributed by atoms with Crippen molar-refractivity contribution in [3.8, 4) is 0 Å². The van der Waals surface area contributed by atoms with Crippen molar-refractivity contribution in [3.63, 3.8) is 0 Å². The first-order chi connectivity index (χ1) is 12.3. The second kappa shape index (κ2) is 5.68. The first-order valence-corrected chi connectivity index (χ1v) is 8.77. The number of hydrogen-bond acceptors (Lipinski definition) is 5. The minimum atomic E-state index is -0.153. The normalized spacial score (nSPS) is 17.3. The summed E-state index contributed by atoms with van der Waals surface area (Å²) in [5, 5.41) is 4.39. The maximum absolute atomic E-state index is 14.1.